The number of hydrogen-bond acceptors (Lipinski definition) is 5. The van der Waals surface area contributed by atoms with Crippen LogP contribution in [0.2, 0.25) is 5.02 Å². The lowest BCUT2D eigenvalue weighted by molar-refractivity contribution is -0.117. The molecular formula is C24H25ClN4O4S. The van der Waals surface area contributed by atoms with E-state index in [1.807, 2.05) is 6.07 Å². The zero-order valence-electron chi connectivity index (χ0n) is 18.7. The summed E-state index contributed by atoms with van der Waals surface area (Å²) >= 11 is 5.94. The quantitative estimate of drug-likeness (QED) is 0.464. The van der Waals surface area contributed by atoms with Crippen LogP contribution in [0.25, 0.3) is 0 Å². The van der Waals surface area contributed by atoms with Gasteiger partial charge in [0, 0.05) is 24.0 Å². The third-order valence-electron chi connectivity index (χ3n) is 5.02. The molecule has 1 aromatic heterocycles. The summed E-state index contributed by atoms with van der Waals surface area (Å²) in [7, 11) is -3.80. The Balaban J connectivity index is 1.83. The Bertz CT molecular complexity index is 1250. The summed E-state index contributed by atoms with van der Waals surface area (Å²) < 4.78 is 26.3. The van der Waals surface area contributed by atoms with E-state index >= 15 is 0 Å². The van der Waals surface area contributed by atoms with Crippen molar-refractivity contribution in [3.8, 4) is 0 Å². The predicted octanol–water partition coefficient (Wildman–Crippen LogP) is 3.85. The van der Waals surface area contributed by atoms with Gasteiger partial charge < -0.3 is 10.6 Å². The third-order valence-corrected chi connectivity index (χ3v) is 6.45. The molecule has 0 bridgehead atoms. The molecular weight excluding hydrogens is 476 g/mol. The number of aromatic nitrogens is 1. The lowest BCUT2D eigenvalue weighted by Crippen LogP contribution is -2.47. The van der Waals surface area contributed by atoms with Crippen LogP contribution in [-0.4, -0.2) is 37.5 Å². The molecule has 0 fully saturated rings. The second kappa shape index (κ2) is 11.1. The molecule has 2 amide bonds. The predicted molar refractivity (Wildman–Crippen MR) is 133 cm³/mol. The molecule has 0 saturated carbocycles. The zero-order valence-corrected chi connectivity index (χ0v) is 20.3. The second-order valence-corrected chi connectivity index (χ2v) is 9.83. The molecule has 34 heavy (non-hydrogen) atoms. The van der Waals surface area contributed by atoms with Crippen LogP contribution < -0.4 is 14.9 Å². The van der Waals surface area contributed by atoms with E-state index in [4.69, 9.17) is 11.6 Å². The van der Waals surface area contributed by atoms with E-state index < -0.39 is 22.0 Å². The van der Waals surface area contributed by atoms with Crippen LogP contribution in [0.4, 0.5) is 11.4 Å². The van der Waals surface area contributed by atoms with Gasteiger partial charge in [-0.05, 0) is 54.4 Å². The number of nitrogens with zero attached hydrogens (tertiary/aromatic N) is 2. The fraction of sp³-hybridized carbons (Fsp3) is 0.208. The summed E-state index contributed by atoms with van der Waals surface area (Å²) in [4.78, 5) is 30.1. The number of anilines is 2. The van der Waals surface area contributed by atoms with Crippen LogP contribution in [0.1, 0.15) is 29.3 Å². The van der Waals surface area contributed by atoms with Crippen molar-refractivity contribution in [3.05, 3.63) is 89.2 Å². The Hall–Kier alpha value is -3.43. The SMILES string of the molecule is CC[C@H](C(=O)Nc1ccccc1C(=O)NCc1cccnc1)N(c1ccc(Cl)cc1)S(C)(=O)=O. The average Bonchev–Trinajstić information content (AvgIpc) is 2.82. The maximum atomic E-state index is 13.2. The number of carbonyl (C=O) groups is 2. The van der Waals surface area contributed by atoms with Crippen LogP contribution in [-0.2, 0) is 21.4 Å². The zero-order chi connectivity index (χ0) is 24.7. The Kier molecular flexibility index (Phi) is 8.25. The van der Waals surface area contributed by atoms with Crippen LogP contribution in [0.3, 0.4) is 0 Å². The maximum Gasteiger partial charge on any atom is 0.253 e. The van der Waals surface area contributed by atoms with Crippen LogP contribution >= 0.6 is 11.6 Å². The Morgan fingerprint density at radius 3 is 2.38 bits per heavy atom. The molecule has 0 aliphatic carbocycles. The smallest absolute Gasteiger partial charge is 0.253 e. The summed E-state index contributed by atoms with van der Waals surface area (Å²) in [6, 6.07) is 15.3. The van der Waals surface area contributed by atoms with E-state index in [0.717, 1.165) is 16.1 Å². The lowest BCUT2D eigenvalue weighted by atomic mass is 10.1. The van der Waals surface area contributed by atoms with Crippen molar-refractivity contribution in [2.24, 2.45) is 0 Å². The number of halogens is 1. The van der Waals surface area contributed by atoms with E-state index in [0.29, 0.717) is 10.7 Å². The van der Waals surface area contributed by atoms with Gasteiger partial charge in [0.1, 0.15) is 6.04 Å². The number of carbonyl (C=O) groups excluding carboxylic acids is 2. The Morgan fingerprint density at radius 2 is 1.76 bits per heavy atom. The molecule has 2 N–H and O–H groups in total. The number of benzene rings is 2. The van der Waals surface area contributed by atoms with Crippen molar-refractivity contribution in [2.45, 2.75) is 25.9 Å². The molecule has 0 aliphatic rings. The largest absolute Gasteiger partial charge is 0.348 e. The highest BCUT2D eigenvalue weighted by Crippen LogP contribution is 2.25. The molecule has 0 unspecified atom stereocenters. The molecule has 0 saturated heterocycles. The van der Waals surface area contributed by atoms with Gasteiger partial charge in [-0.15, -0.1) is 0 Å². The first kappa shape index (κ1) is 25.2. The Morgan fingerprint density at radius 1 is 1.06 bits per heavy atom. The molecule has 1 atom stereocenters. The van der Waals surface area contributed by atoms with Crippen molar-refractivity contribution in [1.82, 2.24) is 10.3 Å². The molecule has 8 nitrogen and oxygen atoms in total. The van der Waals surface area contributed by atoms with Crippen LogP contribution in [0.15, 0.2) is 73.1 Å². The molecule has 3 aromatic rings. The van der Waals surface area contributed by atoms with Crippen molar-refractivity contribution in [3.63, 3.8) is 0 Å². The fourth-order valence-electron chi connectivity index (χ4n) is 3.43. The van der Waals surface area contributed by atoms with Crippen LogP contribution in [0.5, 0.6) is 0 Å². The minimum atomic E-state index is -3.80. The molecule has 1 heterocycles. The lowest BCUT2D eigenvalue weighted by Gasteiger charge is -2.30. The average molecular weight is 501 g/mol. The maximum absolute atomic E-state index is 13.2. The van der Waals surface area contributed by atoms with Gasteiger partial charge >= 0.3 is 0 Å². The van der Waals surface area contributed by atoms with Gasteiger partial charge in [-0.25, -0.2) is 8.42 Å². The summed E-state index contributed by atoms with van der Waals surface area (Å²) in [5.41, 5.74) is 1.68. The summed E-state index contributed by atoms with van der Waals surface area (Å²) in [6.45, 7) is 1.98. The molecule has 10 heteroatoms. The summed E-state index contributed by atoms with van der Waals surface area (Å²) in [6.07, 6.45) is 4.54. The van der Waals surface area contributed by atoms with E-state index in [9.17, 15) is 18.0 Å². The number of para-hydroxylation sites is 1. The van der Waals surface area contributed by atoms with E-state index in [2.05, 4.69) is 15.6 Å². The first-order valence-electron chi connectivity index (χ1n) is 10.5. The number of rotatable bonds is 9. The van der Waals surface area contributed by atoms with Gasteiger partial charge in [-0.2, -0.15) is 0 Å². The number of amides is 2. The first-order valence-corrected chi connectivity index (χ1v) is 12.7. The monoisotopic (exact) mass is 500 g/mol. The normalized spacial score (nSPS) is 12.0. The van der Waals surface area contributed by atoms with Gasteiger partial charge in [0.05, 0.1) is 23.2 Å². The third kappa shape index (κ3) is 6.33. The molecule has 0 aliphatic heterocycles. The Labute approximate surface area is 204 Å². The summed E-state index contributed by atoms with van der Waals surface area (Å²) in [5, 5.41) is 5.98. The molecule has 2 aromatic carbocycles. The molecule has 178 valence electrons. The van der Waals surface area contributed by atoms with E-state index in [1.165, 1.54) is 0 Å². The van der Waals surface area contributed by atoms with Gasteiger partial charge in [0.2, 0.25) is 15.9 Å². The van der Waals surface area contributed by atoms with Gasteiger partial charge in [-0.3, -0.25) is 18.9 Å². The second-order valence-electron chi connectivity index (χ2n) is 7.54. The number of pyridine rings is 1. The van der Waals surface area contributed by atoms with Crippen molar-refractivity contribution < 1.29 is 18.0 Å². The van der Waals surface area contributed by atoms with Gasteiger partial charge in [0.15, 0.2) is 0 Å². The van der Waals surface area contributed by atoms with Crippen LogP contribution in [0, 0.1) is 0 Å². The van der Waals surface area contributed by atoms with Gasteiger partial charge in [-0.1, -0.05) is 36.7 Å². The number of hydrogen-bond donors (Lipinski definition) is 2. The number of nitrogens with one attached hydrogen (secondary N) is 2. The first-order chi connectivity index (χ1) is 16.2. The highest BCUT2D eigenvalue weighted by molar-refractivity contribution is 7.92. The number of sulfonamides is 1. The van der Waals surface area contributed by atoms with Gasteiger partial charge in [0.25, 0.3) is 5.91 Å². The topological polar surface area (TPSA) is 108 Å². The fourth-order valence-corrected chi connectivity index (χ4v) is 4.77. The summed E-state index contributed by atoms with van der Waals surface area (Å²) in [5.74, 6) is -0.944. The van der Waals surface area contributed by atoms with Crippen molar-refractivity contribution in [1.29, 1.82) is 0 Å². The highest BCUT2D eigenvalue weighted by Gasteiger charge is 2.32. The molecule has 0 radical (unpaired) electrons. The minimum Gasteiger partial charge on any atom is -0.348 e. The van der Waals surface area contributed by atoms with E-state index in [1.54, 1.807) is 73.9 Å². The minimum absolute atomic E-state index is 0.205. The molecule has 3 rings (SSSR count). The van der Waals surface area contributed by atoms with Crippen molar-refractivity contribution >= 4 is 44.8 Å². The standard InChI is InChI=1S/C24H25ClN4O4S/c1-3-22(29(34(2,32)33)19-12-10-18(25)11-13-19)24(31)28-21-9-5-4-8-20(21)23(30)27-16-17-7-6-14-26-15-17/h4-15,22H,3,16H2,1-2H3,(H,27,30)(H,28,31)/t22-/m1/s1. The van der Waals surface area contributed by atoms with Crippen molar-refractivity contribution in [2.75, 3.05) is 15.9 Å². The van der Waals surface area contributed by atoms with E-state index in [-0.39, 0.29) is 30.1 Å². The highest BCUT2D eigenvalue weighted by atomic mass is 35.5. The molecule has 0 spiro atoms.